The number of aliphatic imine (C=N–C) groups is 1. The lowest BCUT2D eigenvalue weighted by Gasteiger charge is -2.15. The van der Waals surface area contributed by atoms with E-state index in [1.807, 2.05) is 78.9 Å². The van der Waals surface area contributed by atoms with Crippen molar-refractivity contribution in [1.29, 1.82) is 5.26 Å². The quantitative estimate of drug-likeness (QED) is 0.148. The second kappa shape index (κ2) is 13.4. The van der Waals surface area contributed by atoms with E-state index in [1.54, 1.807) is 18.1 Å². The van der Waals surface area contributed by atoms with E-state index < -0.39 is 0 Å². The number of amides is 1. The highest BCUT2D eigenvalue weighted by atomic mass is 32.2. The molecule has 0 spiro atoms. The molecule has 1 saturated heterocycles. The summed E-state index contributed by atoms with van der Waals surface area (Å²) in [4.78, 5) is 20.7. The van der Waals surface area contributed by atoms with Crippen LogP contribution in [0.1, 0.15) is 34.5 Å². The standard InChI is InChI=1S/C34H32N4O3S/c1-24-20-28(21-32-33(39)37(18-9-19-40-3)34(42-32)36-29-12-5-4-6-13-29)25(2)38(24)30-14-16-31(17-15-30)41-23-27-11-8-7-10-26(27)22-35/h4-8,10-17,20-21H,9,18-19,23H2,1-3H3/b32-21-,36-34?. The third-order valence-corrected chi connectivity index (χ3v) is 7.99. The largest absolute Gasteiger partial charge is 0.489 e. The van der Waals surface area contributed by atoms with E-state index >= 15 is 0 Å². The van der Waals surface area contributed by atoms with Gasteiger partial charge in [-0.05, 0) is 92.2 Å². The second-order valence-electron chi connectivity index (χ2n) is 9.86. The Labute approximate surface area is 250 Å². The first kappa shape index (κ1) is 28.9. The summed E-state index contributed by atoms with van der Waals surface area (Å²) >= 11 is 1.40. The first-order chi connectivity index (χ1) is 20.5. The Morgan fingerprint density at radius 1 is 1.00 bits per heavy atom. The van der Waals surface area contributed by atoms with Gasteiger partial charge in [0.15, 0.2) is 5.17 Å². The maximum Gasteiger partial charge on any atom is 0.266 e. The Morgan fingerprint density at radius 3 is 2.48 bits per heavy atom. The number of ether oxygens (including phenoxy) is 2. The van der Waals surface area contributed by atoms with Gasteiger partial charge in [-0.2, -0.15) is 5.26 Å². The number of nitrogens with zero attached hydrogens (tertiary/aromatic N) is 4. The summed E-state index contributed by atoms with van der Waals surface area (Å²) in [6.45, 7) is 5.55. The minimum Gasteiger partial charge on any atom is -0.489 e. The van der Waals surface area contributed by atoms with E-state index in [1.165, 1.54) is 11.8 Å². The number of hydrogen-bond donors (Lipinski definition) is 0. The first-order valence-electron chi connectivity index (χ1n) is 13.7. The van der Waals surface area contributed by atoms with Gasteiger partial charge in [0.05, 0.1) is 22.2 Å². The highest BCUT2D eigenvalue weighted by Crippen LogP contribution is 2.35. The van der Waals surface area contributed by atoms with Crippen LogP contribution in [0.15, 0.2) is 94.8 Å². The molecule has 0 saturated carbocycles. The van der Waals surface area contributed by atoms with Crippen molar-refractivity contribution in [3.63, 3.8) is 0 Å². The van der Waals surface area contributed by atoms with Gasteiger partial charge in [0.1, 0.15) is 12.4 Å². The molecule has 3 aromatic carbocycles. The van der Waals surface area contributed by atoms with Crippen LogP contribution < -0.4 is 4.74 Å². The fraction of sp³-hybridized carbons (Fsp3) is 0.206. The summed E-state index contributed by atoms with van der Waals surface area (Å²) in [5, 5.41) is 10.00. The minimum absolute atomic E-state index is 0.0462. The fourth-order valence-corrected chi connectivity index (χ4v) is 5.86. The predicted molar refractivity (Wildman–Crippen MR) is 168 cm³/mol. The Bertz CT molecular complexity index is 1670. The molecule has 4 aromatic rings. The third-order valence-electron chi connectivity index (χ3n) is 6.98. The zero-order valence-electron chi connectivity index (χ0n) is 23.9. The Hall–Kier alpha value is -4.58. The SMILES string of the molecule is COCCCN1C(=O)/C(=C/c2cc(C)n(-c3ccc(OCc4ccccc4C#N)cc3)c2C)SC1=Nc1ccccc1. The molecule has 1 aromatic heterocycles. The summed E-state index contributed by atoms with van der Waals surface area (Å²) in [6.07, 6.45) is 2.69. The van der Waals surface area contributed by atoms with Crippen molar-refractivity contribution in [1.82, 2.24) is 9.47 Å². The molecule has 8 heteroatoms. The first-order valence-corrected chi connectivity index (χ1v) is 14.5. The van der Waals surface area contributed by atoms with Gasteiger partial charge >= 0.3 is 0 Å². The van der Waals surface area contributed by atoms with Crippen LogP contribution in [0.5, 0.6) is 5.75 Å². The number of thioether (sulfide) groups is 1. The van der Waals surface area contributed by atoms with E-state index in [0.717, 1.165) is 46.1 Å². The van der Waals surface area contributed by atoms with Crippen LogP contribution in [0, 0.1) is 25.2 Å². The lowest BCUT2D eigenvalue weighted by molar-refractivity contribution is -0.122. The van der Waals surface area contributed by atoms with Crippen molar-refractivity contribution < 1.29 is 14.3 Å². The number of carbonyl (C=O) groups excluding carboxylic acids is 1. The average Bonchev–Trinajstić information content (AvgIpc) is 3.46. The average molecular weight is 577 g/mol. The van der Waals surface area contributed by atoms with E-state index in [2.05, 4.69) is 30.6 Å². The molecular formula is C34H32N4O3S. The van der Waals surface area contributed by atoms with Gasteiger partial charge in [0.25, 0.3) is 5.91 Å². The Kier molecular flexibility index (Phi) is 9.22. The van der Waals surface area contributed by atoms with Gasteiger partial charge < -0.3 is 14.0 Å². The topological polar surface area (TPSA) is 79.9 Å². The van der Waals surface area contributed by atoms with Crippen molar-refractivity contribution in [3.8, 4) is 17.5 Å². The maximum atomic E-state index is 13.5. The van der Waals surface area contributed by atoms with Crippen molar-refractivity contribution >= 4 is 34.6 Å². The number of amidine groups is 1. The molecule has 42 heavy (non-hydrogen) atoms. The zero-order valence-corrected chi connectivity index (χ0v) is 24.7. The number of benzene rings is 3. The van der Waals surface area contributed by atoms with E-state index in [9.17, 15) is 10.1 Å². The summed E-state index contributed by atoms with van der Waals surface area (Å²) in [6, 6.07) is 29.3. The molecule has 0 aliphatic carbocycles. The number of rotatable bonds is 10. The molecule has 212 valence electrons. The van der Waals surface area contributed by atoms with E-state index in [-0.39, 0.29) is 5.91 Å². The number of methoxy groups -OCH3 is 1. The van der Waals surface area contributed by atoms with Crippen LogP contribution in [0.4, 0.5) is 5.69 Å². The third kappa shape index (κ3) is 6.49. The van der Waals surface area contributed by atoms with E-state index in [0.29, 0.717) is 35.4 Å². The molecule has 2 heterocycles. The second-order valence-corrected chi connectivity index (χ2v) is 10.9. The van der Waals surface area contributed by atoms with Crippen molar-refractivity contribution in [3.05, 3.63) is 118 Å². The molecule has 5 rings (SSSR count). The fourth-order valence-electron chi connectivity index (χ4n) is 4.85. The van der Waals surface area contributed by atoms with Crippen molar-refractivity contribution in [2.75, 3.05) is 20.3 Å². The molecule has 0 atom stereocenters. The normalized spacial score (nSPS) is 15.0. The summed E-state index contributed by atoms with van der Waals surface area (Å²) in [5.74, 6) is 0.679. The van der Waals surface area contributed by atoms with Gasteiger partial charge in [-0.3, -0.25) is 9.69 Å². The molecule has 1 aliphatic heterocycles. The number of para-hydroxylation sites is 1. The Morgan fingerprint density at radius 2 is 1.74 bits per heavy atom. The molecular weight excluding hydrogens is 544 g/mol. The zero-order chi connectivity index (χ0) is 29.5. The molecule has 0 radical (unpaired) electrons. The molecule has 7 nitrogen and oxygen atoms in total. The number of hydrogen-bond acceptors (Lipinski definition) is 6. The molecule has 0 unspecified atom stereocenters. The van der Waals surface area contributed by atoms with Gasteiger partial charge in [0.2, 0.25) is 0 Å². The number of carbonyl (C=O) groups is 1. The van der Waals surface area contributed by atoms with E-state index in [4.69, 9.17) is 14.5 Å². The highest BCUT2D eigenvalue weighted by molar-refractivity contribution is 8.18. The van der Waals surface area contributed by atoms with Crippen LogP contribution in [-0.2, 0) is 16.1 Å². The number of nitriles is 1. The molecule has 1 aliphatic rings. The summed E-state index contributed by atoms with van der Waals surface area (Å²) in [7, 11) is 1.66. The van der Waals surface area contributed by atoms with Crippen molar-refractivity contribution in [2.45, 2.75) is 26.9 Å². The highest BCUT2D eigenvalue weighted by Gasteiger charge is 2.33. The maximum absolute atomic E-state index is 13.5. The Balaban J connectivity index is 1.36. The van der Waals surface area contributed by atoms with Gasteiger partial charge in [-0.1, -0.05) is 36.4 Å². The summed E-state index contributed by atoms with van der Waals surface area (Å²) < 4.78 is 13.3. The predicted octanol–water partition coefficient (Wildman–Crippen LogP) is 7.19. The van der Waals surface area contributed by atoms with Gasteiger partial charge in [0, 0.05) is 42.9 Å². The smallest absolute Gasteiger partial charge is 0.266 e. The lowest BCUT2D eigenvalue weighted by atomic mass is 10.1. The van der Waals surface area contributed by atoms with Crippen LogP contribution in [-0.4, -0.2) is 40.8 Å². The van der Waals surface area contributed by atoms with Crippen molar-refractivity contribution in [2.24, 2.45) is 4.99 Å². The molecule has 0 N–H and O–H groups in total. The molecule has 0 bridgehead atoms. The van der Waals surface area contributed by atoms with Gasteiger partial charge in [-0.25, -0.2) is 4.99 Å². The van der Waals surface area contributed by atoms with Gasteiger partial charge in [-0.15, -0.1) is 0 Å². The summed E-state index contributed by atoms with van der Waals surface area (Å²) in [5.41, 5.74) is 6.35. The minimum atomic E-state index is -0.0462. The van der Waals surface area contributed by atoms with Crippen LogP contribution in [0.3, 0.4) is 0 Å². The van der Waals surface area contributed by atoms with Crippen LogP contribution in [0.2, 0.25) is 0 Å². The van der Waals surface area contributed by atoms with Crippen LogP contribution >= 0.6 is 11.8 Å². The van der Waals surface area contributed by atoms with Crippen LogP contribution in [0.25, 0.3) is 11.8 Å². The molecule has 1 fully saturated rings. The molecule has 1 amide bonds. The number of aromatic nitrogens is 1. The monoisotopic (exact) mass is 576 g/mol. The number of aryl methyl sites for hydroxylation is 1. The lowest BCUT2D eigenvalue weighted by Crippen LogP contribution is -2.30.